The van der Waals surface area contributed by atoms with Crippen LogP contribution in [0.2, 0.25) is 0 Å². The van der Waals surface area contributed by atoms with Crippen molar-refractivity contribution in [3.8, 4) is 0 Å². The molecule has 0 aliphatic rings. The molecule has 2 N–H and O–H groups in total. The van der Waals surface area contributed by atoms with E-state index >= 15 is 0 Å². The lowest BCUT2D eigenvalue weighted by Gasteiger charge is -2.22. The molecule has 0 amide bonds. The fourth-order valence-corrected chi connectivity index (χ4v) is 2.88. The second-order valence-electron chi connectivity index (χ2n) is 5.31. The van der Waals surface area contributed by atoms with Gasteiger partial charge in [-0.25, -0.2) is 8.42 Å². The van der Waals surface area contributed by atoms with Crippen LogP contribution in [0.4, 0.5) is 5.69 Å². The average molecular weight is 309 g/mol. The van der Waals surface area contributed by atoms with E-state index in [9.17, 15) is 13.5 Å². The lowest BCUT2D eigenvalue weighted by molar-refractivity contribution is 0.0467. The van der Waals surface area contributed by atoms with Crippen molar-refractivity contribution < 1.29 is 17.9 Å². The fraction of sp³-hybridized carbons (Fsp3) is 0.333. The first kappa shape index (κ1) is 15.6. The van der Waals surface area contributed by atoms with E-state index in [0.29, 0.717) is 17.2 Å². The molecule has 0 saturated carbocycles. The van der Waals surface area contributed by atoms with Crippen LogP contribution in [0.15, 0.2) is 45.7 Å². The Kier molecular flexibility index (Phi) is 4.11. The summed E-state index contributed by atoms with van der Waals surface area (Å²) in [5.74, 6) is 1.14. The molecule has 0 aliphatic heterocycles. The van der Waals surface area contributed by atoms with Gasteiger partial charge >= 0.3 is 0 Å². The molecule has 0 spiro atoms. The van der Waals surface area contributed by atoms with Crippen molar-refractivity contribution in [2.75, 3.05) is 18.1 Å². The van der Waals surface area contributed by atoms with E-state index < -0.39 is 15.4 Å². The molecule has 2 aromatic rings. The standard InChI is InChI=1S/C15H19NO4S/c1-11-8-9-14(20-11)15(2,17)10-16-12-6-4-5-7-13(12)21(3,18)19/h4-9,16-17H,10H2,1-3H3. The van der Waals surface area contributed by atoms with E-state index in [2.05, 4.69) is 5.32 Å². The number of hydrogen-bond acceptors (Lipinski definition) is 5. The van der Waals surface area contributed by atoms with Gasteiger partial charge in [0.05, 0.1) is 17.1 Å². The molecule has 0 bridgehead atoms. The largest absolute Gasteiger partial charge is 0.463 e. The summed E-state index contributed by atoms with van der Waals surface area (Å²) in [6.45, 7) is 3.54. The third-order valence-electron chi connectivity index (χ3n) is 3.18. The first-order valence-corrected chi connectivity index (χ1v) is 8.41. The maximum absolute atomic E-state index is 11.7. The summed E-state index contributed by atoms with van der Waals surface area (Å²) >= 11 is 0. The third-order valence-corrected chi connectivity index (χ3v) is 4.34. The smallest absolute Gasteiger partial charge is 0.177 e. The molecule has 0 radical (unpaired) electrons. The number of rotatable bonds is 5. The minimum atomic E-state index is -3.33. The summed E-state index contributed by atoms with van der Waals surface area (Å²) in [5, 5.41) is 13.4. The van der Waals surface area contributed by atoms with Crippen LogP contribution in [-0.4, -0.2) is 26.3 Å². The van der Waals surface area contributed by atoms with E-state index in [-0.39, 0.29) is 11.4 Å². The number of para-hydroxylation sites is 1. The molecule has 5 nitrogen and oxygen atoms in total. The number of aryl methyl sites for hydroxylation is 1. The number of benzene rings is 1. The Bertz CT molecular complexity index is 732. The summed E-state index contributed by atoms with van der Waals surface area (Å²) < 4.78 is 28.9. The van der Waals surface area contributed by atoms with Crippen LogP contribution in [0.25, 0.3) is 0 Å². The molecule has 1 atom stereocenters. The second kappa shape index (κ2) is 5.54. The molecule has 114 valence electrons. The first-order chi connectivity index (χ1) is 9.70. The Labute approximate surface area is 124 Å². The van der Waals surface area contributed by atoms with E-state index in [1.165, 1.54) is 6.07 Å². The van der Waals surface area contributed by atoms with Gasteiger partial charge in [-0.2, -0.15) is 0 Å². The number of nitrogens with one attached hydrogen (secondary N) is 1. The van der Waals surface area contributed by atoms with Crippen molar-refractivity contribution in [1.29, 1.82) is 0 Å². The van der Waals surface area contributed by atoms with Crippen LogP contribution < -0.4 is 5.32 Å². The molecule has 2 rings (SSSR count). The van der Waals surface area contributed by atoms with Crippen molar-refractivity contribution in [3.63, 3.8) is 0 Å². The van der Waals surface area contributed by atoms with Crippen molar-refractivity contribution >= 4 is 15.5 Å². The normalized spacial score (nSPS) is 14.7. The summed E-state index contributed by atoms with van der Waals surface area (Å²) in [6.07, 6.45) is 1.15. The maximum Gasteiger partial charge on any atom is 0.177 e. The van der Waals surface area contributed by atoms with Crippen LogP contribution in [-0.2, 0) is 15.4 Å². The zero-order chi connectivity index (χ0) is 15.7. The lowest BCUT2D eigenvalue weighted by atomic mass is 10.0. The summed E-state index contributed by atoms with van der Waals surface area (Å²) in [4.78, 5) is 0.205. The first-order valence-electron chi connectivity index (χ1n) is 6.52. The topological polar surface area (TPSA) is 79.5 Å². The van der Waals surface area contributed by atoms with Crippen molar-refractivity contribution in [2.24, 2.45) is 0 Å². The summed E-state index contributed by atoms with van der Waals surface area (Å²) in [6, 6.07) is 10.1. The molecule has 0 fully saturated rings. The van der Waals surface area contributed by atoms with Gasteiger partial charge in [-0.1, -0.05) is 12.1 Å². The number of hydrogen-bond donors (Lipinski definition) is 2. The van der Waals surface area contributed by atoms with E-state index in [0.717, 1.165) is 6.26 Å². The Balaban J connectivity index is 2.21. The van der Waals surface area contributed by atoms with Gasteiger partial charge in [-0.3, -0.25) is 0 Å². The number of anilines is 1. The maximum atomic E-state index is 11.7. The van der Waals surface area contributed by atoms with Crippen LogP contribution in [0, 0.1) is 6.92 Å². The molecule has 1 aromatic heterocycles. The monoisotopic (exact) mass is 309 g/mol. The zero-order valence-electron chi connectivity index (χ0n) is 12.3. The van der Waals surface area contributed by atoms with E-state index in [1.54, 1.807) is 44.2 Å². The van der Waals surface area contributed by atoms with Crippen LogP contribution in [0.1, 0.15) is 18.4 Å². The SMILES string of the molecule is Cc1ccc(C(C)(O)CNc2ccccc2S(C)(=O)=O)o1. The molecule has 0 saturated heterocycles. The third kappa shape index (κ3) is 3.65. The van der Waals surface area contributed by atoms with Crippen LogP contribution in [0.5, 0.6) is 0 Å². The van der Waals surface area contributed by atoms with E-state index in [1.807, 2.05) is 0 Å². The van der Waals surface area contributed by atoms with Crippen LogP contribution >= 0.6 is 0 Å². The van der Waals surface area contributed by atoms with Gasteiger partial charge in [-0.05, 0) is 38.1 Å². The van der Waals surface area contributed by atoms with Gasteiger partial charge in [-0.15, -0.1) is 0 Å². The summed E-state index contributed by atoms with van der Waals surface area (Å²) in [5.41, 5.74) is -0.776. The molecule has 21 heavy (non-hydrogen) atoms. The summed E-state index contributed by atoms with van der Waals surface area (Å²) in [7, 11) is -3.33. The Hall–Kier alpha value is -1.79. The Morgan fingerprint density at radius 2 is 1.90 bits per heavy atom. The Morgan fingerprint density at radius 3 is 2.48 bits per heavy atom. The molecular weight excluding hydrogens is 290 g/mol. The average Bonchev–Trinajstić information content (AvgIpc) is 2.83. The van der Waals surface area contributed by atoms with Gasteiger partial charge < -0.3 is 14.8 Å². The van der Waals surface area contributed by atoms with Crippen molar-refractivity contribution in [3.05, 3.63) is 47.9 Å². The molecule has 1 aromatic carbocycles. The highest BCUT2D eigenvalue weighted by Crippen LogP contribution is 2.26. The zero-order valence-corrected chi connectivity index (χ0v) is 13.1. The number of furan rings is 1. The molecular formula is C15H19NO4S. The predicted octanol–water partition coefficient (Wildman–Crippen LogP) is 2.31. The fourth-order valence-electron chi connectivity index (χ4n) is 2.01. The van der Waals surface area contributed by atoms with Crippen molar-refractivity contribution in [1.82, 2.24) is 0 Å². The molecule has 6 heteroatoms. The Morgan fingerprint density at radius 1 is 1.24 bits per heavy atom. The van der Waals surface area contributed by atoms with Gasteiger partial charge in [0, 0.05) is 6.26 Å². The van der Waals surface area contributed by atoms with Crippen molar-refractivity contribution in [2.45, 2.75) is 24.3 Å². The lowest BCUT2D eigenvalue weighted by Crippen LogP contribution is -2.30. The number of sulfone groups is 1. The number of aliphatic hydroxyl groups is 1. The second-order valence-corrected chi connectivity index (χ2v) is 7.29. The van der Waals surface area contributed by atoms with Gasteiger partial charge in [0.25, 0.3) is 0 Å². The minimum Gasteiger partial charge on any atom is -0.463 e. The van der Waals surface area contributed by atoms with Crippen LogP contribution in [0.3, 0.4) is 0 Å². The molecule has 0 aliphatic carbocycles. The van der Waals surface area contributed by atoms with Gasteiger partial charge in [0.15, 0.2) is 9.84 Å². The quantitative estimate of drug-likeness (QED) is 0.886. The van der Waals surface area contributed by atoms with Gasteiger partial charge in [0.2, 0.25) is 0 Å². The highest BCUT2D eigenvalue weighted by Gasteiger charge is 2.27. The molecule has 1 unspecified atom stereocenters. The molecule has 1 heterocycles. The predicted molar refractivity (Wildman–Crippen MR) is 81.1 cm³/mol. The highest BCUT2D eigenvalue weighted by molar-refractivity contribution is 7.90. The van der Waals surface area contributed by atoms with Gasteiger partial charge in [0.1, 0.15) is 17.1 Å². The highest BCUT2D eigenvalue weighted by atomic mass is 32.2. The van der Waals surface area contributed by atoms with E-state index in [4.69, 9.17) is 4.42 Å². The minimum absolute atomic E-state index is 0.131.